The van der Waals surface area contributed by atoms with Crippen LogP contribution in [0.25, 0.3) is 12.2 Å². The van der Waals surface area contributed by atoms with Crippen LogP contribution < -0.4 is 4.90 Å². The fourth-order valence-electron chi connectivity index (χ4n) is 5.57. The van der Waals surface area contributed by atoms with E-state index in [2.05, 4.69) is 4.90 Å². The monoisotopic (exact) mass is 548 g/mol. The highest BCUT2D eigenvalue weighted by Crippen LogP contribution is 2.30. The second kappa shape index (κ2) is 12.3. The number of hydrogen-bond donors (Lipinski definition) is 0. The van der Waals surface area contributed by atoms with E-state index < -0.39 is 11.7 Å². The summed E-state index contributed by atoms with van der Waals surface area (Å²) in [5.41, 5.74) is 2.21. The molecule has 0 spiro atoms. The number of halogens is 3. The molecule has 2 fully saturated rings. The van der Waals surface area contributed by atoms with Gasteiger partial charge in [0.25, 0.3) is 5.91 Å². The zero-order chi connectivity index (χ0) is 28.1. The third kappa shape index (κ3) is 6.91. The molecule has 2 aromatic carbocycles. The lowest BCUT2D eigenvalue weighted by molar-refractivity contribution is -0.137. The molecule has 2 saturated heterocycles. The Morgan fingerprint density at radius 1 is 0.975 bits per heavy atom. The molecule has 210 valence electrons. The van der Waals surface area contributed by atoms with Crippen LogP contribution in [-0.2, 0) is 12.7 Å². The highest BCUT2D eigenvalue weighted by Gasteiger charge is 2.32. The number of carbonyl (C=O) groups excluding carboxylic acids is 1. The largest absolute Gasteiger partial charge is 0.416 e. The SMILES string of the molecule is CN(Cc1ccccc1)c1cc(C(=O)N2CCC[C@H]2CN2CCCC2)cc(C=Cc2ccc(C(F)(F)F)cc2)n1. The lowest BCUT2D eigenvalue weighted by atomic mass is 10.1. The van der Waals surface area contributed by atoms with Crippen molar-refractivity contribution in [1.29, 1.82) is 0 Å². The molecule has 1 aromatic heterocycles. The third-order valence-electron chi connectivity index (χ3n) is 7.72. The highest BCUT2D eigenvalue weighted by molar-refractivity contribution is 5.96. The summed E-state index contributed by atoms with van der Waals surface area (Å²) in [6, 6.07) is 18.9. The van der Waals surface area contributed by atoms with Crippen LogP contribution in [0.15, 0.2) is 66.7 Å². The van der Waals surface area contributed by atoms with Gasteiger partial charge < -0.3 is 14.7 Å². The predicted octanol–water partition coefficient (Wildman–Crippen LogP) is 6.61. The minimum Gasteiger partial charge on any atom is -0.355 e. The summed E-state index contributed by atoms with van der Waals surface area (Å²) >= 11 is 0. The summed E-state index contributed by atoms with van der Waals surface area (Å²) in [6.45, 7) is 4.47. The number of pyridine rings is 1. The molecule has 2 aliphatic heterocycles. The van der Waals surface area contributed by atoms with E-state index >= 15 is 0 Å². The van der Waals surface area contributed by atoms with Crippen LogP contribution in [0.2, 0.25) is 0 Å². The van der Waals surface area contributed by atoms with Crippen molar-refractivity contribution < 1.29 is 18.0 Å². The van der Waals surface area contributed by atoms with Crippen molar-refractivity contribution >= 4 is 23.9 Å². The number of alkyl halides is 3. The Kier molecular flexibility index (Phi) is 8.54. The van der Waals surface area contributed by atoms with Crippen LogP contribution in [0.3, 0.4) is 0 Å². The van der Waals surface area contributed by atoms with Crippen molar-refractivity contribution in [3.8, 4) is 0 Å². The minimum absolute atomic E-state index is 0.00244. The summed E-state index contributed by atoms with van der Waals surface area (Å²) in [5, 5.41) is 0. The second-order valence-corrected chi connectivity index (χ2v) is 10.7. The molecule has 0 saturated carbocycles. The van der Waals surface area contributed by atoms with Crippen molar-refractivity contribution in [2.24, 2.45) is 0 Å². The van der Waals surface area contributed by atoms with E-state index in [1.165, 1.54) is 25.0 Å². The molecule has 5 nitrogen and oxygen atoms in total. The van der Waals surface area contributed by atoms with Crippen LogP contribution in [0.4, 0.5) is 19.0 Å². The van der Waals surface area contributed by atoms with Crippen molar-refractivity contribution in [2.45, 2.75) is 44.4 Å². The molecule has 8 heteroatoms. The fraction of sp³-hybridized carbons (Fsp3) is 0.375. The maximum Gasteiger partial charge on any atom is 0.416 e. The van der Waals surface area contributed by atoms with Crippen molar-refractivity contribution in [1.82, 2.24) is 14.8 Å². The van der Waals surface area contributed by atoms with Gasteiger partial charge >= 0.3 is 6.18 Å². The molecular formula is C32H35F3N4O. The number of amides is 1. The third-order valence-corrected chi connectivity index (χ3v) is 7.72. The summed E-state index contributed by atoms with van der Waals surface area (Å²) in [6.07, 6.45) is 3.55. The smallest absolute Gasteiger partial charge is 0.355 e. The number of likely N-dealkylation sites (tertiary alicyclic amines) is 2. The van der Waals surface area contributed by atoms with Crippen molar-refractivity contribution in [3.63, 3.8) is 0 Å². The molecule has 40 heavy (non-hydrogen) atoms. The first-order valence-corrected chi connectivity index (χ1v) is 13.9. The van der Waals surface area contributed by atoms with E-state index in [1.807, 2.05) is 53.2 Å². The number of carbonyl (C=O) groups is 1. The van der Waals surface area contributed by atoms with Gasteiger partial charge in [-0.3, -0.25) is 4.79 Å². The van der Waals surface area contributed by atoms with Crippen molar-refractivity contribution in [2.75, 3.05) is 38.1 Å². The Balaban J connectivity index is 1.41. The van der Waals surface area contributed by atoms with E-state index in [-0.39, 0.29) is 11.9 Å². The van der Waals surface area contributed by atoms with E-state index in [4.69, 9.17) is 4.98 Å². The Morgan fingerprint density at radius 3 is 2.40 bits per heavy atom. The van der Waals surface area contributed by atoms with Gasteiger partial charge in [-0.15, -0.1) is 0 Å². The Labute approximate surface area is 233 Å². The first kappa shape index (κ1) is 27.9. The molecule has 0 radical (unpaired) electrons. The molecule has 3 heterocycles. The molecule has 0 aliphatic carbocycles. The molecule has 2 aliphatic rings. The zero-order valence-electron chi connectivity index (χ0n) is 22.8. The van der Waals surface area contributed by atoms with Gasteiger partial charge in [-0.2, -0.15) is 13.2 Å². The first-order chi connectivity index (χ1) is 19.3. The van der Waals surface area contributed by atoms with Gasteiger partial charge in [-0.25, -0.2) is 4.98 Å². The van der Waals surface area contributed by atoms with E-state index in [0.29, 0.717) is 29.2 Å². The average molecular weight is 549 g/mol. The summed E-state index contributed by atoms with van der Waals surface area (Å²) in [4.78, 5) is 25.1. The van der Waals surface area contributed by atoms with Gasteiger partial charge in [0.2, 0.25) is 0 Å². The van der Waals surface area contributed by atoms with Gasteiger partial charge in [-0.05, 0) is 80.2 Å². The Bertz CT molecular complexity index is 1320. The number of benzene rings is 2. The Morgan fingerprint density at radius 2 is 1.70 bits per heavy atom. The van der Waals surface area contributed by atoms with E-state index in [1.54, 1.807) is 18.2 Å². The minimum atomic E-state index is -4.38. The van der Waals surface area contributed by atoms with Crippen LogP contribution in [0.1, 0.15) is 58.4 Å². The molecule has 0 unspecified atom stereocenters. The molecule has 0 bridgehead atoms. The number of rotatable bonds is 8. The molecule has 5 rings (SSSR count). The predicted molar refractivity (Wildman–Crippen MR) is 153 cm³/mol. The quantitative estimate of drug-likeness (QED) is 0.318. The van der Waals surface area contributed by atoms with Gasteiger partial charge in [0, 0.05) is 38.3 Å². The van der Waals surface area contributed by atoms with E-state index in [0.717, 1.165) is 56.7 Å². The zero-order valence-corrected chi connectivity index (χ0v) is 22.8. The topological polar surface area (TPSA) is 39.7 Å². The maximum atomic E-state index is 13.9. The van der Waals surface area contributed by atoms with Crippen LogP contribution in [0.5, 0.6) is 0 Å². The number of aromatic nitrogens is 1. The van der Waals surface area contributed by atoms with Gasteiger partial charge in [-0.1, -0.05) is 48.5 Å². The molecule has 3 aromatic rings. The lowest BCUT2D eigenvalue weighted by Gasteiger charge is -2.29. The van der Waals surface area contributed by atoms with Crippen LogP contribution in [-0.4, -0.2) is 60.0 Å². The number of nitrogens with zero attached hydrogens (tertiary/aromatic N) is 4. The number of hydrogen-bond acceptors (Lipinski definition) is 4. The van der Waals surface area contributed by atoms with Gasteiger partial charge in [0.05, 0.1) is 11.3 Å². The summed E-state index contributed by atoms with van der Waals surface area (Å²) in [7, 11) is 1.94. The normalized spacial score (nSPS) is 18.1. The van der Waals surface area contributed by atoms with Gasteiger partial charge in [0.1, 0.15) is 5.82 Å². The van der Waals surface area contributed by atoms with Crippen molar-refractivity contribution in [3.05, 3.63) is 94.7 Å². The molecule has 1 atom stereocenters. The standard InChI is InChI=1S/C32H35F3N4O/c1-37(22-25-8-3-2-4-9-25)30-21-26(31(40)39-19-7-10-29(39)23-38-17-5-6-18-38)20-28(36-30)16-13-24-11-14-27(15-12-24)32(33,34)35/h2-4,8-9,11-16,20-21,29H,5-7,10,17-19,22-23H2,1H3/t29-/m0/s1. The van der Waals surface area contributed by atoms with Crippen LogP contribution >= 0.6 is 0 Å². The number of anilines is 1. The molecule has 0 N–H and O–H groups in total. The molecule has 1 amide bonds. The van der Waals surface area contributed by atoms with Crippen LogP contribution in [0, 0.1) is 0 Å². The first-order valence-electron chi connectivity index (χ1n) is 13.9. The summed E-state index contributed by atoms with van der Waals surface area (Å²) in [5.74, 6) is 0.666. The summed E-state index contributed by atoms with van der Waals surface area (Å²) < 4.78 is 38.9. The van der Waals surface area contributed by atoms with E-state index in [9.17, 15) is 18.0 Å². The Hall–Kier alpha value is -3.65. The van der Waals surface area contributed by atoms with Gasteiger partial charge in [0.15, 0.2) is 0 Å². The second-order valence-electron chi connectivity index (χ2n) is 10.7. The fourth-order valence-corrected chi connectivity index (χ4v) is 5.57. The lowest BCUT2D eigenvalue weighted by Crippen LogP contribution is -2.42. The molecular weight excluding hydrogens is 513 g/mol. The maximum absolute atomic E-state index is 13.9. The average Bonchev–Trinajstić information content (AvgIpc) is 3.64. The highest BCUT2D eigenvalue weighted by atomic mass is 19.4.